The minimum atomic E-state index is -3.40. The molecular weight excluding hydrogens is 292 g/mol. The molecule has 0 radical (unpaired) electrons. The first kappa shape index (κ1) is 16.1. The van der Waals surface area contributed by atoms with Crippen molar-refractivity contribution in [1.82, 2.24) is 4.31 Å². The molecule has 118 valence electrons. The first-order chi connectivity index (χ1) is 10.0. The SMILES string of the molecule is Nc1ccc(OCCS(=O)(=O)N2CCCCC2CO)cc1. The molecule has 1 fully saturated rings. The average molecular weight is 314 g/mol. The zero-order valence-electron chi connectivity index (χ0n) is 11.9. The Labute approximate surface area is 125 Å². The molecule has 1 aliphatic rings. The number of nitrogens with two attached hydrogens (primary N) is 1. The lowest BCUT2D eigenvalue weighted by Gasteiger charge is -2.33. The van der Waals surface area contributed by atoms with Crippen molar-refractivity contribution in [2.24, 2.45) is 0 Å². The summed E-state index contributed by atoms with van der Waals surface area (Å²) in [7, 11) is -3.40. The maximum Gasteiger partial charge on any atom is 0.217 e. The third-order valence-electron chi connectivity index (χ3n) is 3.63. The first-order valence-electron chi connectivity index (χ1n) is 7.11. The van der Waals surface area contributed by atoms with Gasteiger partial charge in [-0.2, -0.15) is 4.31 Å². The van der Waals surface area contributed by atoms with Gasteiger partial charge in [-0.1, -0.05) is 6.42 Å². The molecule has 0 bridgehead atoms. The van der Waals surface area contributed by atoms with Gasteiger partial charge in [0.15, 0.2) is 0 Å². The van der Waals surface area contributed by atoms with Gasteiger partial charge < -0.3 is 15.6 Å². The van der Waals surface area contributed by atoms with Crippen LogP contribution in [0, 0.1) is 0 Å². The highest BCUT2D eigenvalue weighted by Crippen LogP contribution is 2.20. The zero-order valence-corrected chi connectivity index (χ0v) is 12.8. The molecule has 0 aromatic heterocycles. The van der Waals surface area contributed by atoms with E-state index in [0.29, 0.717) is 24.4 Å². The normalized spacial score (nSPS) is 20.3. The molecular formula is C14H22N2O4S. The van der Waals surface area contributed by atoms with E-state index in [4.69, 9.17) is 10.5 Å². The van der Waals surface area contributed by atoms with Crippen molar-refractivity contribution < 1.29 is 18.3 Å². The summed E-state index contributed by atoms with van der Waals surface area (Å²) in [5.74, 6) is 0.505. The molecule has 2 rings (SSSR count). The average Bonchev–Trinajstić information content (AvgIpc) is 2.49. The Balaban J connectivity index is 1.90. The monoisotopic (exact) mass is 314 g/mol. The van der Waals surface area contributed by atoms with Gasteiger partial charge in [-0.3, -0.25) is 0 Å². The highest BCUT2D eigenvalue weighted by atomic mass is 32.2. The van der Waals surface area contributed by atoms with Crippen molar-refractivity contribution >= 4 is 15.7 Å². The minimum Gasteiger partial charge on any atom is -0.492 e. The lowest BCUT2D eigenvalue weighted by Crippen LogP contribution is -2.47. The summed E-state index contributed by atoms with van der Waals surface area (Å²) in [6, 6.07) is 6.53. The number of sulfonamides is 1. The van der Waals surface area contributed by atoms with Gasteiger partial charge in [0.1, 0.15) is 12.4 Å². The van der Waals surface area contributed by atoms with Crippen LogP contribution in [0.3, 0.4) is 0 Å². The molecule has 1 aromatic carbocycles. The van der Waals surface area contributed by atoms with Crippen LogP contribution < -0.4 is 10.5 Å². The smallest absolute Gasteiger partial charge is 0.217 e. The van der Waals surface area contributed by atoms with Crippen LogP contribution in [0.1, 0.15) is 19.3 Å². The lowest BCUT2D eigenvalue weighted by molar-refractivity contribution is 0.154. The second-order valence-electron chi connectivity index (χ2n) is 5.18. The second-order valence-corrected chi connectivity index (χ2v) is 7.22. The highest BCUT2D eigenvalue weighted by Gasteiger charge is 2.31. The molecule has 0 amide bonds. The van der Waals surface area contributed by atoms with Gasteiger partial charge in [0.05, 0.1) is 12.4 Å². The minimum absolute atomic E-state index is 0.0842. The van der Waals surface area contributed by atoms with Crippen LogP contribution in [0.15, 0.2) is 24.3 Å². The maximum atomic E-state index is 12.3. The summed E-state index contributed by atoms with van der Waals surface area (Å²) in [6.45, 7) is 0.439. The summed E-state index contributed by atoms with van der Waals surface area (Å²) in [5, 5.41) is 9.30. The molecule has 1 aliphatic heterocycles. The number of nitrogen functional groups attached to an aromatic ring is 1. The van der Waals surface area contributed by atoms with Crippen LogP contribution in [0.5, 0.6) is 5.75 Å². The number of hydrogen-bond acceptors (Lipinski definition) is 5. The summed E-state index contributed by atoms with van der Waals surface area (Å²) >= 11 is 0. The summed E-state index contributed by atoms with van der Waals surface area (Å²) in [4.78, 5) is 0. The van der Waals surface area contributed by atoms with Crippen molar-refractivity contribution in [3.63, 3.8) is 0 Å². The number of rotatable bonds is 6. The Morgan fingerprint density at radius 2 is 2.00 bits per heavy atom. The number of piperidine rings is 1. The van der Waals surface area contributed by atoms with Crippen molar-refractivity contribution in [3.05, 3.63) is 24.3 Å². The molecule has 0 aliphatic carbocycles. The fraction of sp³-hybridized carbons (Fsp3) is 0.571. The van der Waals surface area contributed by atoms with Gasteiger partial charge in [0, 0.05) is 18.3 Å². The summed E-state index contributed by atoms with van der Waals surface area (Å²) in [5.41, 5.74) is 6.20. The number of aliphatic hydroxyl groups is 1. The van der Waals surface area contributed by atoms with E-state index in [9.17, 15) is 13.5 Å². The standard InChI is InChI=1S/C14H22N2O4S/c15-12-4-6-14(7-5-12)20-9-10-21(18,19)16-8-2-1-3-13(16)11-17/h4-7,13,17H,1-3,8-11,15H2. The van der Waals surface area contributed by atoms with Gasteiger partial charge in [-0.05, 0) is 37.1 Å². The number of nitrogens with zero attached hydrogens (tertiary/aromatic N) is 1. The Morgan fingerprint density at radius 3 is 2.67 bits per heavy atom. The van der Waals surface area contributed by atoms with E-state index in [-0.39, 0.29) is 25.0 Å². The molecule has 1 saturated heterocycles. The van der Waals surface area contributed by atoms with Gasteiger partial charge in [-0.15, -0.1) is 0 Å². The number of ether oxygens (including phenoxy) is 1. The van der Waals surface area contributed by atoms with E-state index in [0.717, 1.165) is 12.8 Å². The van der Waals surface area contributed by atoms with Gasteiger partial charge >= 0.3 is 0 Å². The molecule has 1 heterocycles. The largest absolute Gasteiger partial charge is 0.492 e. The number of hydrogen-bond donors (Lipinski definition) is 2. The first-order valence-corrected chi connectivity index (χ1v) is 8.72. The maximum absolute atomic E-state index is 12.3. The number of aliphatic hydroxyl groups excluding tert-OH is 1. The van der Waals surface area contributed by atoms with Crippen LogP contribution in [0.25, 0.3) is 0 Å². The third kappa shape index (κ3) is 4.33. The molecule has 21 heavy (non-hydrogen) atoms. The second kappa shape index (κ2) is 7.11. The quantitative estimate of drug-likeness (QED) is 0.759. The molecule has 1 unspecified atom stereocenters. The Bertz CT molecular complexity index is 545. The van der Waals surface area contributed by atoms with Crippen LogP contribution in [-0.4, -0.2) is 49.4 Å². The summed E-state index contributed by atoms with van der Waals surface area (Å²) in [6.07, 6.45) is 2.52. The molecule has 0 saturated carbocycles. The van der Waals surface area contributed by atoms with Crippen LogP contribution >= 0.6 is 0 Å². The summed E-state index contributed by atoms with van der Waals surface area (Å²) < 4.78 is 31.5. The highest BCUT2D eigenvalue weighted by molar-refractivity contribution is 7.89. The lowest BCUT2D eigenvalue weighted by atomic mass is 10.1. The Kier molecular flexibility index (Phi) is 5.44. The number of anilines is 1. The molecule has 0 spiro atoms. The van der Waals surface area contributed by atoms with Crippen molar-refractivity contribution in [2.45, 2.75) is 25.3 Å². The molecule has 1 aromatic rings. The van der Waals surface area contributed by atoms with Crippen LogP contribution in [-0.2, 0) is 10.0 Å². The van der Waals surface area contributed by atoms with Crippen LogP contribution in [0.2, 0.25) is 0 Å². The van der Waals surface area contributed by atoms with Crippen molar-refractivity contribution in [2.75, 3.05) is 31.2 Å². The van der Waals surface area contributed by atoms with Crippen molar-refractivity contribution in [3.8, 4) is 5.75 Å². The van der Waals surface area contributed by atoms with Gasteiger partial charge in [0.2, 0.25) is 10.0 Å². The van der Waals surface area contributed by atoms with E-state index in [1.165, 1.54) is 4.31 Å². The predicted molar refractivity (Wildman–Crippen MR) is 81.6 cm³/mol. The van der Waals surface area contributed by atoms with E-state index in [1.807, 2.05) is 0 Å². The third-order valence-corrected chi connectivity index (χ3v) is 5.51. The predicted octanol–water partition coefficient (Wildman–Crippen LogP) is 0.824. The molecule has 3 N–H and O–H groups in total. The van der Waals surface area contributed by atoms with E-state index in [2.05, 4.69) is 0 Å². The van der Waals surface area contributed by atoms with Gasteiger partial charge in [0.25, 0.3) is 0 Å². The molecule has 1 atom stereocenters. The Morgan fingerprint density at radius 1 is 1.29 bits per heavy atom. The fourth-order valence-corrected chi connectivity index (χ4v) is 4.03. The Hall–Kier alpha value is -1.31. The van der Waals surface area contributed by atoms with Gasteiger partial charge in [-0.25, -0.2) is 8.42 Å². The number of benzene rings is 1. The van der Waals surface area contributed by atoms with E-state index in [1.54, 1.807) is 24.3 Å². The van der Waals surface area contributed by atoms with Crippen LogP contribution in [0.4, 0.5) is 5.69 Å². The molecule has 6 nitrogen and oxygen atoms in total. The zero-order chi connectivity index (χ0) is 15.3. The van der Waals surface area contributed by atoms with Crippen molar-refractivity contribution in [1.29, 1.82) is 0 Å². The topological polar surface area (TPSA) is 92.9 Å². The van der Waals surface area contributed by atoms with E-state index < -0.39 is 10.0 Å². The molecule has 7 heteroatoms. The van der Waals surface area contributed by atoms with E-state index >= 15 is 0 Å². The fourth-order valence-electron chi connectivity index (χ4n) is 2.47.